The van der Waals surface area contributed by atoms with Gasteiger partial charge in [-0.05, 0) is 109 Å². The van der Waals surface area contributed by atoms with Gasteiger partial charge in [0.15, 0.2) is 5.75 Å². The van der Waals surface area contributed by atoms with Crippen molar-refractivity contribution in [2.45, 2.75) is 136 Å². The predicted octanol–water partition coefficient (Wildman–Crippen LogP) is 10.2. The Morgan fingerprint density at radius 1 is 0.938 bits per heavy atom. The number of azo groups is 2. The Morgan fingerprint density at radius 2 is 1.62 bits per heavy atom. The first-order valence-electron chi connectivity index (χ1n) is 27.5. The van der Waals surface area contributed by atoms with Crippen LogP contribution in [-0.2, 0) is 36.2 Å². The average molecular weight is 1140 g/mol. The monoisotopic (exact) mass is 1140 g/mol. The van der Waals surface area contributed by atoms with Gasteiger partial charge in [0.05, 0.1) is 68.3 Å². The maximum Gasteiger partial charge on any atom is 0.330 e. The van der Waals surface area contributed by atoms with Crippen molar-refractivity contribution in [1.82, 2.24) is 24.9 Å². The lowest BCUT2D eigenvalue weighted by Crippen LogP contribution is -2.35. The van der Waals surface area contributed by atoms with Crippen LogP contribution in [0.2, 0.25) is 0 Å². The summed E-state index contributed by atoms with van der Waals surface area (Å²) in [5, 5.41) is 43.7. The minimum atomic E-state index is -1.57. The Bertz CT molecular complexity index is 3080. The molecule has 0 radical (unpaired) electrons. The number of hydrogen-bond acceptors (Lipinski definition) is 19. The van der Waals surface area contributed by atoms with E-state index in [1.54, 1.807) is 12.1 Å². The minimum absolute atomic E-state index is 0.0549. The van der Waals surface area contributed by atoms with E-state index in [1.165, 1.54) is 72.7 Å². The van der Waals surface area contributed by atoms with Crippen molar-refractivity contribution in [2.24, 2.45) is 20.5 Å². The molecule has 25 heteroatoms. The zero-order chi connectivity index (χ0) is 58.0. The molecule has 0 spiro atoms. The molecule has 0 bridgehead atoms. The van der Waals surface area contributed by atoms with Crippen LogP contribution < -0.4 is 41.0 Å². The molecule has 2 amide bonds. The number of hydrogen-bond donors (Lipinski definition) is 3. The quantitative estimate of drug-likeness (QED) is 0.0114. The van der Waals surface area contributed by atoms with Gasteiger partial charge in [-0.3, -0.25) is 34.0 Å². The lowest BCUT2D eigenvalue weighted by molar-refractivity contribution is -0.384. The van der Waals surface area contributed by atoms with Crippen LogP contribution >= 0.6 is 8.53 Å². The van der Waals surface area contributed by atoms with E-state index in [0.29, 0.717) is 72.3 Å². The maximum absolute atomic E-state index is 13.1. The third kappa shape index (κ3) is 16.4. The van der Waals surface area contributed by atoms with Gasteiger partial charge >= 0.3 is 5.69 Å². The fourth-order valence-corrected chi connectivity index (χ4v) is 11.7. The number of nitriles is 1. The molecule has 24 nitrogen and oxygen atoms in total. The fourth-order valence-electron chi connectivity index (χ4n) is 9.96. The number of nitro groups is 1. The van der Waals surface area contributed by atoms with Gasteiger partial charge in [0.2, 0.25) is 11.8 Å². The van der Waals surface area contributed by atoms with Gasteiger partial charge in [-0.25, -0.2) is 9.46 Å². The number of nitro benzene ring substituents is 1. The molecule has 3 aromatic carbocycles. The number of benzene rings is 3. The second-order valence-corrected chi connectivity index (χ2v) is 21.5. The molecule has 1 saturated heterocycles. The highest BCUT2D eigenvalue weighted by Crippen LogP contribution is 2.51. The van der Waals surface area contributed by atoms with E-state index in [4.69, 9.17) is 38.4 Å². The standard InChI is InChI=1S/C56H73N12O12P/c1-8-46-49(80-81(78-30-14-24-57)67(36(2)3)37(4)5)34-52(79-46)66-35-39(55(71)60-56(66)72)18-23-51(70)59-26-25-58-50(69)17-10-9-11-29-77-54-42-16-13-28-65-27-12-15-38(53(42)65)31-45(54)64-63-44-33-47(75-6)43(32-48(44)76-7)62-61-40-19-21-41(22-20-40)68(73)74/h18-23,31-33,35-37,46,49,52H,8-17,25-30,34H2,1-7H3,(H,58,69)(H,59,70)(H,60,71,72)/b23-18+,62-61?,64-63?/t46-,49?,52-,81?/m1/s1. The van der Waals surface area contributed by atoms with Crippen LogP contribution in [0.5, 0.6) is 17.2 Å². The Morgan fingerprint density at radius 3 is 2.28 bits per heavy atom. The van der Waals surface area contributed by atoms with Crippen LogP contribution in [0.25, 0.3) is 6.08 Å². The topological polar surface area (TPSA) is 291 Å². The minimum Gasteiger partial charge on any atom is -0.494 e. The van der Waals surface area contributed by atoms with Gasteiger partial charge in [0.25, 0.3) is 19.8 Å². The Balaban J connectivity index is 0.885. The molecule has 81 heavy (non-hydrogen) atoms. The van der Waals surface area contributed by atoms with Gasteiger partial charge in [0.1, 0.15) is 34.8 Å². The van der Waals surface area contributed by atoms with E-state index in [0.717, 1.165) is 50.8 Å². The summed E-state index contributed by atoms with van der Waals surface area (Å²) in [5.41, 5.74) is 3.99. The Kier molecular flexibility index (Phi) is 22.6. The summed E-state index contributed by atoms with van der Waals surface area (Å²) in [6.07, 6.45) is 9.49. The highest BCUT2D eigenvalue weighted by atomic mass is 31.2. The van der Waals surface area contributed by atoms with E-state index < -0.39 is 42.9 Å². The average Bonchev–Trinajstić information content (AvgIpc) is 4.04. The number of ether oxygens (including phenoxy) is 4. The number of non-ortho nitro benzene ring substituents is 1. The van der Waals surface area contributed by atoms with Crippen LogP contribution in [0.1, 0.15) is 115 Å². The smallest absolute Gasteiger partial charge is 0.330 e. The first kappa shape index (κ1) is 61.2. The fraction of sp³-hybridized carbons (Fsp3) is 0.518. The summed E-state index contributed by atoms with van der Waals surface area (Å²) in [6.45, 7) is 13.1. The van der Waals surface area contributed by atoms with E-state index in [9.17, 15) is 29.3 Å². The zero-order valence-corrected chi connectivity index (χ0v) is 47.9. The highest BCUT2D eigenvalue weighted by Gasteiger charge is 2.41. The van der Waals surface area contributed by atoms with Crippen LogP contribution in [-0.4, -0.2) is 109 Å². The molecule has 3 aliphatic rings. The lowest BCUT2D eigenvalue weighted by atomic mass is 9.90. The van der Waals surface area contributed by atoms with Gasteiger partial charge in [-0.15, -0.1) is 15.3 Å². The van der Waals surface area contributed by atoms with Crippen molar-refractivity contribution in [3.05, 3.63) is 102 Å². The van der Waals surface area contributed by atoms with Crippen molar-refractivity contribution in [1.29, 1.82) is 5.26 Å². The van der Waals surface area contributed by atoms with Gasteiger partial charge < -0.3 is 43.5 Å². The number of H-pyrrole nitrogens is 1. The molecule has 3 aliphatic heterocycles. The number of methoxy groups -OCH3 is 2. The summed E-state index contributed by atoms with van der Waals surface area (Å²) in [7, 11) is 1.45. The van der Waals surface area contributed by atoms with E-state index in [2.05, 4.69) is 52.7 Å². The molecule has 7 rings (SSSR count). The van der Waals surface area contributed by atoms with Crippen molar-refractivity contribution >= 4 is 60.5 Å². The second-order valence-electron chi connectivity index (χ2n) is 20.1. The maximum atomic E-state index is 13.1. The summed E-state index contributed by atoms with van der Waals surface area (Å²) in [6, 6.07) is 13.3. The zero-order valence-electron chi connectivity index (χ0n) is 47.1. The van der Waals surface area contributed by atoms with Gasteiger partial charge in [-0.1, -0.05) is 6.92 Å². The lowest BCUT2D eigenvalue weighted by Gasteiger charge is -2.37. The molecule has 4 aromatic rings. The molecule has 1 fully saturated rings. The van der Waals surface area contributed by atoms with E-state index in [-0.39, 0.29) is 67.9 Å². The van der Waals surface area contributed by atoms with Crippen molar-refractivity contribution in [3.8, 4) is 23.3 Å². The third-order valence-electron chi connectivity index (χ3n) is 13.8. The number of nitrogens with one attached hydrogen (secondary N) is 3. The summed E-state index contributed by atoms with van der Waals surface area (Å²) < 4.78 is 40.3. The number of aromatic amines is 1. The number of carbonyl (C=O) groups excluding carboxylic acids is 2. The second kappa shape index (κ2) is 29.9. The number of unbranched alkanes of at least 4 members (excludes halogenated alkanes) is 2. The number of nitrogens with zero attached hydrogens (tertiary/aromatic N) is 9. The molecule has 0 aliphatic carbocycles. The van der Waals surface area contributed by atoms with Crippen molar-refractivity contribution in [3.63, 3.8) is 0 Å². The van der Waals surface area contributed by atoms with E-state index in [1.807, 2.05) is 34.6 Å². The van der Waals surface area contributed by atoms with Gasteiger partial charge in [-0.2, -0.15) is 10.4 Å². The number of aryl methyl sites for hydroxylation is 1. The Hall–Kier alpha value is -7.42. The Labute approximate surface area is 472 Å². The number of amides is 2. The third-order valence-corrected chi connectivity index (χ3v) is 15.9. The summed E-state index contributed by atoms with van der Waals surface area (Å²) >= 11 is 0. The normalized spacial score (nSPS) is 17.3. The molecule has 2 unspecified atom stereocenters. The van der Waals surface area contributed by atoms with Crippen LogP contribution in [0.4, 0.5) is 34.1 Å². The molecule has 4 atom stereocenters. The largest absolute Gasteiger partial charge is 0.494 e. The molecule has 434 valence electrons. The molecular weight excluding hydrogens is 1060 g/mol. The number of anilines is 1. The summed E-state index contributed by atoms with van der Waals surface area (Å²) in [5.74, 6) is 0.769. The molecule has 3 N–H and O–H groups in total. The van der Waals surface area contributed by atoms with Crippen LogP contribution in [0.3, 0.4) is 0 Å². The van der Waals surface area contributed by atoms with Crippen LogP contribution in [0, 0.1) is 21.4 Å². The number of rotatable bonds is 29. The molecule has 1 aromatic heterocycles. The molecular formula is C56H73N12O12P. The number of aromatic nitrogens is 2. The SMILES string of the molecule is CC[C@H]1O[C@@H](n2cc(/C=C/C(=O)NCCNC(=O)CCCCCOc3c(N=Nc4cc(OC)c(N=Nc5ccc([N+](=O)[O-])cc5)cc4OC)cc4c5c3CCCN5CCC4)c(=O)[nH]c2=O)CC1OP(OCCC#N)N(C(C)C)C(C)C. The first-order chi connectivity index (χ1) is 39.1. The van der Waals surface area contributed by atoms with Crippen molar-refractivity contribution in [2.75, 3.05) is 58.5 Å². The molecule has 4 heterocycles. The van der Waals surface area contributed by atoms with Crippen LogP contribution in [0.15, 0.2) is 84.8 Å². The van der Waals surface area contributed by atoms with E-state index >= 15 is 0 Å². The molecule has 0 saturated carbocycles. The number of carbonyl (C=O) groups is 2. The highest BCUT2D eigenvalue weighted by molar-refractivity contribution is 7.44. The van der Waals surface area contributed by atoms with Crippen molar-refractivity contribution < 1.29 is 42.5 Å². The predicted molar refractivity (Wildman–Crippen MR) is 306 cm³/mol. The first-order valence-corrected chi connectivity index (χ1v) is 28.6. The summed E-state index contributed by atoms with van der Waals surface area (Å²) in [4.78, 5) is 66.9. The van der Waals surface area contributed by atoms with Gasteiger partial charge in [0, 0.05) is 98.9 Å².